The molecule has 1 aromatic carbocycles. The average Bonchev–Trinajstić information content (AvgIpc) is 2.19. The van der Waals surface area contributed by atoms with E-state index in [0.717, 1.165) is 16.0 Å². The molecule has 3 heteroatoms. The molecule has 0 aliphatic heterocycles. The smallest absolute Gasteiger partial charge is 0.0417 e. The van der Waals surface area contributed by atoms with Gasteiger partial charge in [-0.3, -0.25) is 0 Å². The van der Waals surface area contributed by atoms with Crippen LogP contribution in [0.4, 0.5) is 0 Å². The first-order valence-corrected chi connectivity index (χ1v) is 7.01. The standard InChI is InChI=1S/C13H17BrClN/c1-2-13(6-3-7-13)16-9-10-4-5-11(15)8-12(10)14/h4-5,8,16H,2-3,6-7,9H2,1H3. The molecular weight excluding hydrogens is 286 g/mol. The van der Waals surface area contributed by atoms with Crippen molar-refractivity contribution in [1.29, 1.82) is 0 Å². The van der Waals surface area contributed by atoms with Crippen molar-refractivity contribution in [3.63, 3.8) is 0 Å². The summed E-state index contributed by atoms with van der Waals surface area (Å²) in [6.07, 6.45) is 5.21. The first-order chi connectivity index (χ1) is 7.65. The largest absolute Gasteiger partial charge is 0.307 e. The van der Waals surface area contributed by atoms with Crippen molar-refractivity contribution in [3.05, 3.63) is 33.3 Å². The maximum absolute atomic E-state index is 5.92. The molecule has 1 fully saturated rings. The summed E-state index contributed by atoms with van der Waals surface area (Å²) in [5.74, 6) is 0. The molecule has 1 nitrogen and oxygen atoms in total. The molecule has 0 amide bonds. The number of hydrogen-bond acceptors (Lipinski definition) is 1. The van der Waals surface area contributed by atoms with Crippen molar-refractivity contribution in [3.8, 4) is 0 Å². The van der Waals surface area contributed by atoms with Gasteiger partial charge in [0.15, 0.2) is 0 Å². The van der Waals surface area contributed by atoms with Gasteiger partial charge in [-0.1, -0.05) is 40.5 Å². The molecule has 0 atom stereocenters. The number of benzene rings is 1. The van der Waals surface area contributed by atoms with Crippen molar-refractivity contribution in [2.75, 3.05) is 0 Å². The van der Waals surface area contributed by atoms with Crippen LogP contribution in [0.15, 0.2) is 22.7 Å². The maximum atomic E-state index is 5.92. The number of halogens is 2. The SMILES string of the molecule is CCC1(NCc2ccc(Cl)cc2Br)CCC1. The van der Waals surface area contributed by atoms with Gasteiger partial charge in [0.25, 0.3) is 0 Å². The molecule has 0 bridgehead atoms. The molecular formula is C13H17BrClN. The van der Waals surface area contributed by atoms with E-state index in [1.807, 2.05) is 12.1 Å². The van der Waals surface area contributed by atoms with E-state index in [9.17, 15) is 0 Å². The van der Waals surface area contributed by atoms with E-state index in [4.69, 9.17) is 11.6 Å². The lowest BCUT2D eigenvalue weighted by Gasteiger charge is -2.42. The monoisotopic (exact) mass is 301 g/mol. The van der Waals surface area contributed by atoms with Crippen LogP contribution >= 0.6 is 27.5 Å². The van der Waals surface area contributed by atoms with Crippen molar-refractivity contribution in [2.45, 2.75) is 44.7 Å². The van der Waals surface area contributed by atoms with Crippen LogP contribution in [0, 0.1) is 0 Å². The zero-order valence-electron chi connectivity index (χ0n) is 9.52. The van der Waals surface area contributed by atoms with E-state index in [-0.39, 0.29) is 0 Å². The van der Waals surface area contributed by atoms with Crippen molar-refractivity contribution < 1.29 is 0 Å². The Kier molecular flexibility index (Phi) is 3.93. The summed E-state index contributed by atoms with van der Waals surface area (Å²) in [5.41, 5.74) is 1.68. The molecule has 1 aromatic rings. The van der Waals surface area contributed by atoms with Gasteiger partial charge >= 0.3 is 0 Å². The Morgan fingerprint density at radius 3 is 2.69 bits per heavy atom. The van der Waals surface area contributed by atoms with Crippen LogP contribution < -0.4 is 5.32 Å². The molecule has 1 aliphatic carbocycles. The first-order valence-electron chi connectivity index (χ1n) is 5.84. The molecule has 1 saturated carbocycles. The second kappa shape index (κ2) is 5.07. The van der Waals surface area contributed by atoms with Crippen LogP contribution in [-0.4, -0.2) is 5.54 Å². The highest BCUT2D eigenvalue weighted by molar-refractivity contribution is 9.10. The van der Waals surface area contributed by atoms with Gasteiger partial charge in [0.2, 0.25) is 0 Å². The van der Waals surface area contributed by atoms with E-state index in [1.165, 1.54) is 31.2 Å². The fourth-order valence-corrected chi connectivity index (χ4v) is 3.03. The Hall–Kier alpha value is -0.0500. The van der Waals surface area contributed by atoms with E-state index >= 15 is 0 Å². The molecule has 0 aromatic heterocycles. The predicted octanol–water partition coefficient (Wildman–Crippen LogP) is 4.52. The zero-order valence-corrected chi connectivity index (χ0v) is 11.9. The minimum absolute atomic E-state index is 0.402. The molecule has 0 heterocycles. The van der Waals surface area contributed by atoms with Crippen LogP contribution in [-0.2, 0) is 6.54 Å². The lowest BCUT2D eigenvalue weighted by atomic mass is 9.75. The zero-order chi connectivity index (χ0) is 11.6. The van der Waals surface area contributed by atoms with Crippen molar-refractivity contribution in [2.24, 2.45) is 0 Å². The summed E-state index contributed by atoms with van der Waals surface area (Å²) in [6, 6.07) is 5.99. The molecule has 1 aliphatic rings. The summed E-state index contributed by atoms with van der Waals surface area (Å²) in [6.45, 7) is 3.19. The van der Waals surface area contributed by atoms with Gasteiger partial charge in [-0.05, 0) is 43.4 Å². The van der Waals surface area contributed by atoms with E-state index in [1.54, 1.807) is 0 Å². The van der Waals surface area contributed by atoms with E-state index < -0.39 is 0 Å². The number of hydrogen-bond donors (Lipinski definition) is 1. The molecule has 16 heavy (non-hydrogen) atoms. The fourth-order valence-electron chi connectivity index (χ4n) is 2.21. The number of nitrogens with one attached hydrogen (secondary N) is 1. The normalized spacial score (nSPS) is 18.2. The highest BCUT2D eigenvalue weighted by Gasteiger charge is 2.34. The molecule has 2 rings (SSSR count). The highest BCUT2D eigenvalue weighted by atomic mass is 79.9. The van der Waals surface area contributed by atoms with E-state index in [0.29, 0.717) is 5.54 Å². The average molecular weight is 303 g/mol. The number of rotatable bonds is 4. The van der Waals surface area contributed by atoms with Crippen LogP contribution in [0.2, 0.25) is 5.02 Å². The maximum Gasteiger partial charge on any atom is 0.0417 e. The second-order valence-corrected chi connectivity index (χ2v) is 5.87. The fraction of sp³-hybridized carbons (Fsp3) is 0.538. The van der Waals surface area contributed by atoms with Gasteiger partial charge in [0, 0.05) is 21.6 Å². The molecule has 0 saturated heterocycles. The van der Waals surface area contributed by atoms with Gasteiger partial charge < -0.3 is 5.32 Å². The van der Waals surface area contributed by atoms with Gasteiger partial charge in [-0.2, -0.15) is 0 Å². The summed E-state index contributed by atoms with van der Waals surface area (Å²) < 4.78 is 1.10. The topological polar surface area (TPSA) is 12.0 Å². The van der Waals surface area contributed by atoms with Crippen molar-refractivity contribution >= 4 is 27.5 Å². The van der Waals surface area contributed by atoms with Gasteiger partial charge in [0.05, 0.1) is 0 Å². The lowest BCUT2D eigenvalue weighted by molar-refractivity contribution is 0.175. The molecule has 0 unspecified atom stereocenters. The minimum Gasteiger partial charge on any atom is -0.307 e. The van der Waals surface area contributed by atoms with Gasteiger partial charge in [-0.25, -0.2) is 0 Å². The first kappa shape index (κ1) is 12.4. The third-order valence-electron chi connectivity index (χ3n) is 3.66. The van der Waals surface area contributed by atoms with Crippen LogP contribution in [0.3, 0.4) is 0 Å². The Balaban J connectivity index is 1.99. The van der Waals surface area contributed by atoms with Crippen LogP contribution in [0.1, 0.15) is 38.2 Å². The third kappa shape index (κ3) is 2.61. The predicted molar refractivity (Wildman–Crippen MR) is 72.9 cm³/mol. The summed E-state index contributed by atoms with van der Waals surface area (Å²) in [7, 11) is 0. The van der Waals surface area contributed by atoms with E-state index in [2.05, 4.69) is 34.2 Å². The minimum atomic E-state index is 0.402. The molecule has 88 valence electrons. The Bertz CT molecular complexity index is 369. The highest BCUT2D eigenvalue weighted by Crippen LogP contribution is 2.35. The summed E-state index contributed by atoms with van der Waals surface area (Å²) >= 11 is 9.47. The van der Waals surface area contributed by atoms with Gasteiger partial charge in [0.1, 0.15) is 0 Å². The quantitative estimate of drug-likeness (QED) is 0.862. The Morgan fingerprint density at radius 1 is 1.44 bits per heavy atom. The van der Waals surface area contributed by atoms with Gasteiger partial charge in [-0.15, -0.1) is 0 Å². The summed E-state index contributed by atoms with van der Waals surface area (Å²) in [4.78, 5) is 0. The van der Waals surface area contributed by atoms with Crippen LogP contribution in [0.25, 0.3) is 0 Å². The molecule has 0 radical (unpaired) electrons. The second-order valence-electron chi connectivity index (χ2n) is 4.58. The lowest BCUT2D eigenvalue weighted by Crippen LogP contribution is -2.49. The molecule has 1 N–H and O–H groups in total. The Morgan fingerprint density at radius 2 is 2.19 bits per heavy atom. The van der Waals surface area contributed by atoms with Crippen molar-refractivity contribution in [1.82, 2.24) is 5.32 Å². The molecule has 0 spiro atoms. The summed E-state index contributed by atoms with van der Waals surface area (Å²) in [5, 5.41) is 4.47. The van der Waals surface area contributed by atoms with Crippen LogP contribution in [0.5, 0.6) is 0 Å². The Labute approximate surface area is 111 Å². The third-order valence-corrected chi connectivity index (χ3v) is 4.63.